The third-order valence-electron chi connectivity index (χ3n) is 2.87. The predicted molar refractivity (Wildman–Crippen MR) is 66.4 cm³/mol. The maximum atomic E-state index is 5.57. The molecule has 2 heterocycles. The van der Waals surface area contributed by atoms with E-state index in [2.05, 4.69) is 17.1 Å². The minimum atomic E-state index is -0.0598. The Morgan fingerprint density at radius 2 is 2.33 bits per heavy atom. The van der Waals surface area contributed by atoms with Gasteiger partial charge in [0.15, 0.2) is 6.29 Å². The van der Waals surface area contributed by atoms with Gasteiger partial charge >= 0.3 is 0 Å². The van der Waals surface area contributed by atoms with E-state index in [0.717, 1.165) is 31.4 Å². The van der Waals surface area contributed by atoms with Crippen molar-refractivity contribution in [2.45, 2.75) is 38.9 Å². The van der Waals surface area contributed by atoms with Gasteiger partial charge in [-0.1, -0.05) is 6.92 Å². The van der Waals surface area contributed by atoms with Crippen molar-refractivity contribution < 1.29 is 14.2 Å². The Hall–Kier alpha value is -1.20. The summed E-state index contributed by atoms with van der Waals surface area (Å²) in [7, 11) is 0. The molecule has 1 saturated heterocycles. The molecule has 0 radical (unpaired) electrons. The zero-order valence-corrected chi connectivity index (χ0v) is 10.8. The van der Waals surface area contributed by atoms with E-state index in [0.29, 0.717) is 19.1 Å². The fraction of sp³-hybridized carbons (Fsp3) is 0.692. The molecule has 1 unspecified atom stereocenters. The molecule has 0 amide bonds. The first-order valence-electron chi connectivity index (χ1n) is 6.56. The molecular formula is C13H20N2O3. The molecule has 18 heavy (non-hydrogen) atoms. The predicted octanol–water partition coefficient (Wildman–Crippen LogP) is 1.96. The fourth-order valence-electron chi connectivity index (χ4n) is 1.82. The van der Waals surface area contributed by atoms with Gasteiger partial charge in [-0.15, -0.1) is 5.10 Å². The Morgan fingerprint density at radius 3 is 3.11 bits per heavy atom. The number of hydrogen-bond acceptors (Lipinski definition) is 5. The first kappa shape index (κ1) is 13.2. The molecule has 0 N–H and O–H groups in total. The molecule has 1 aliphatic heterocycles. The summed E-state index contributed by atoms with van der Waals surface area (Å²) in [6.45, 7) is 3.87. The van der Waals surface area contributed by atoms with E-state index in [-0.39, 0.29) is 6.29 Å². The van der Waals surface area contributed by atoms with Crippen LogP contribution in [0, 0.1) is 0 Å². The van der Waals surface area contributed by atoms with Gasteiger partial charge < -0.3 is 14.2 Å². The van der Waals surface area contributed by atoms with Gasteiger partial charge in [-0.2, -0.15) is 5.10 Å². The monoisotopic (exact) mass is 252 g/mol. The van der Waals surface area contributed by atoms with Crippen molar-refractivity contribution in [2.75, 3.05) is 19.8 Å². The summed E-state index contributed by atoms with van der Waals surface area (Å²) in [6, 6.07) is 1.91. The Kier molecular flexibility index (Phi) is 5.36. The lowest BCUT2D eigenvalue weighted by Gasteiger charge is -2.22. The summed E-state index contributed by atoms with van der Waals surface area (Å²) < 4.78 is 16.5. The van der Waals surface area contributed by atoms with Crippen LogP contribution in [0.5, 0.6) is 5.88 Å². The van der Waals surface area contributed by atoms with Gasteiger partial charge in [0.2, 0.25) is 5.88 Å². The van der Waals surface area contributed by atoms with E-state index >= 15 is 0 Å². The Labute approximate surface area is 107 Å². The first-order valence-corrected chi connectivity index (χ1v) is 6.56. The van der Waals surface area contributed by atoms with Gasteiger partial charge in [-0.05, 0) is 31.2 Å². The van der Waals surface area contributed by atoms with E-state index in [9.17, 15) is 0 Å². The van der Waals surface area contributed by atoms with E-state index < -0.39 is 0 Å². The van der Waals surface area contributed by atoms with Gasteiger partial charge in [-0.3, -0.25) is 0 Å². The van der Waals surface area contributed by atoms with Crippen molar-refractivity contribution in [1.82, 2.24) is 10.2 Å². The van der Waals surface area contributed by atoms with Crippen molar-refractivity contribution >= 4 is 0 Å². The summed E-state index contributed by atoms with van der Waals surface area (Å²) in [5.41, 5.74) is 1.12. The topological polar surface area (TPSA) is 53.5 Å². The lowest BCUT2D eigenvalue weighted by molar-refractivity contribution is -0.165. The van der Waals surface area contributed by atoms with Crippen LogP contribution in [-0.4, -0.2) is 36.3 Å². The van der Waals surface area contributed by atoms with Crippen LogP contribution in [0.4, 0.5) is 0 Å². The van der Waals surface area contributed by atoms with Crippen LogP contribution in [-0.2, 0) is 15.9 Å². The molecule has 0 aromatic carbocycles. The van der Waals surface area contributed by atoms with Crippen molar-refractivity contribution in [3.05, 3.63) is 17.8 Å². The maximum Gasteiger partial charge on any atom is 0.233 e. The van der Waals surface area contributed by atoms with Gasteiger partial charge in [0.05, 0.1) is 12.8 Å². The third kappa shape index (κ3) is 4.23. The molecule has 2 rings (SSSR count). The van der Waals surface area contributed by atoms with Crippen LogP contribution >= 0.6 is 0 Å². The quantitative estimate of drug-likeness (QED) is 0.724. The van der Waals surface area contributed by atoms with Gasteiger partial charge in [0.25, 0.3) is 0 Å². The van der Waals surface area contributed by atoms with Crippen LogP contribution in [0.25, 0.3) is 0 Å². The average molecular weight is 252 g/mol. The normalized spacial score (nSPS) is 19.7. The molecule has 0 spiro atoms. The molecule has 0 saturated carbocycles. The van der Waals surface area contributed by atoms with Crippen molar-refractivity contribution in [3.63, 3.8) is 0 Å². The SMILES string of the molecule is CCc1cnnc(OCCOC2CCCCO2)c1. The highest BCUT2D eigenvalue weighted by Gasteiger charge is 2.13. The highest BCUT2D eigenvalue weighted by Crippen LogP contribution is 2.13. The number of aryl methyl sites for hydroxylation is 1. The first-order chi connectivity index (χ1) is 8.88. The third-order valence-corrected chi connectivity index (χ3v) is 2.87. The van der Waals surface area contributed by atoms with Gasteiger partial charge in [0, 0.05) is 12.7 Å². The second-order valence-electron chi connectivity index (χ2n) is 4.27. The molecule has 0 bridgehead atoms. The molecule has 1 fully saturated rings. The highest BCUT2D eigenvalue weighted by molar-refractivity contribution is 5.16. The molecule has 5 nitrogen and oxygen atoms in total. The van der Waals surface area contributed by atoms with E-state index in [4.69, 9.17) is 14.2 Å². The highest BCUT2D eigenvalue weighted by atomic mass is 16.7. The van der Waals surface area contributed by atoms with E-state index in [1.165, 1.54) is 6.42 Å². The molecule has 0 aliphatic carbocycles. The van der Waals surface area contributed by atoms with Crippen LogP contribution < -0.4 is 4.74 Å². The van der Waals surface area contributed by atoms with Crippen molar-refractivity contribution in [1.29, 1.82) is 0 Å². The number of rotatable bonds is 6. The molecule has 5 heteroatoms. The summed E-state index contributed by atoms with van der Waals surface area (Å²) in [4.78, 5) is 0. The summed E-state index contributed by atoms with van der Waals surface area (Å²) in [6.07, 6.45) is 5.91. The number of aromatic nitrogens is 2. The molecule has 100 valence electrons. The van der Waals surface area contributed by atoms with Crippen LogP contribution in [0.1, 0.15) is 31.7 Å². The second kappa shape index (κ2) is 7.28. The molecule has 1 aliphatic rings. The average Bonchev–Trinajstić information content (AvgIpc) is 2.45. The maximum absolute atomic E-state index is 5.57. The van der Waals surface area contributed by atoms with Crippen molar-refractivity contribution in [3.8, 4) is 5.88 Å². The van der Waals surface area contributed by atoms with Crippen LogP contribution in [0.15, 0.2) is 12.3 Å². The molecule has 1 aromatic heterocycles. The van der Waals surface area contributed by atoms with Crippen LogP contribution in [0.3, 0.4) is 0 Å². The lowest BCUT2D eigenvalue weighted by atomic mass is 10.2. The van der Waals surface area contributed by atoms with E-state index in [1.54, 1.807) is 6.20 Å². The molecule has 1 atom stereocenters. The number of ether oxygens (including phenoxy) is 3. The molecular weight excluding hydrogens is 232 g/mol. The largest absolute Gasteiger partial charge is 0.474 e. The zero-order valence-electron chi connectivity index (χ0n) is 10.8. The standard InChI is InChI=1S/C13H20N2O3/c1-2-11-9-12(15-14-10-11)16-7-8-18-13-5-3-4-6-17-13/h9-10,13H,2-8H2,1H3. The summed E-state index contributed by atoms with van der Waals surface area (Å²) >= 11 is 0. The number of nitrogens with zero attached hydrogens (tertiary/aromatic N) is 2. The zero-order chi connectivity index (χ0) is 12.6. The van der Waals surface area contributed by atoms with Gasteiger partial charge in [-0.25, -0.2) is 0 Å². The minimum Gasteiger partial charge on any atom is -0.474 e. The summed E-state index contributed by atoms with van der Waals surface area (Å²) in [5.74, 6) is 0.558. The minimum absolute atomic E-state index is 0.0598. The second-order valence-corrected chi connectivity index (χ2v) is 4.27. The van der Waals surface area contributed by atoms with E-state index in [1.807, 2.05) is 6.07 Å². The number of hydrogen-bond donors (Lipinski definition) is 0. The Balaban J connectivity index is 1.65. The lowest BCUT2D eigenvalue weighted by Crippen LogP contribution is -2.24. The molecule has 1 aromatic rings. The Morgan fingerprint density at radius 1 is 1.39 bits per heavy atom. The van der Waals surface area contributed by atoms with Gasteiger partial charge in [0.1, 0.15) is 6.61 Å². The van der Waals surface area contributed by atoms with Crippen molar-refractivity contribution in [2.24, 2.45) is 0 Å². The summed E-state index contributed by atoms with van der Waals surface area (Å²) in [5, 5.41) is 7.80. The van der Waals surface area contributed by atoms with Crippen LogP contribution in [0.2, 0.25) is 0 Å². The fourth-order valence-corrected chi connectivity index (χ4v) is 1.82. The Bertz CT molecular complexity index is 354. The smallest absolute Gasteiger partial charge is 0.233 e.